The molecule has 6 heteroatoms. The van der Waals surface area contributed by atoms with E-state index in [2.05, 4.69) is 15.4 Å². The molecule has 0 spiro atoms. The molecule has 0 aromatic heterocycles. The zero-order chi connectivity index (χ0) is 18.1. The predicted molar refractivity (Wildman–Crippen MR) is 91.5 cm³/mol. The zero-order valence-electron chi connectivity index (χ0n) is 14.7. The van der Waals surface area contributed by atoms with Gasteiger partial charge < -0.3 is 15.4 Å². The number of ether oxygens (including phenoxy) is 1. The van der Waals surface area contributed by atoms with Crippen LogP contribution >= 0.6 is 0 Å². The van der Waals surface area contributed by atoms with E-state index in [4.69, 9.17) is 0 Å². The molecule has 6 nitrogen and oxygen atoms in total. The number of esters is 1. The van der Waals surface area contributed by atoms with E-state index >= 15 is 0 Å². The van der Waals surface area contributed by atoms with Crippen molar-refractivity contribution in [2.45, 2.75) is 39.7 Å². The Kier molecular flexibility index (Phi) is 7.95. The Balaban J connectivity index is 2.71. The lowest BCUT2D eigenvalue weighted by atomic mass is 10.0. The summed E-state index contributed by atoms with van der Waals surface area (Å²) in [5, 5.41) is 5.46. The van der Waals surface area contributed by atoms with Gasteiger partial charge >= 0.3 is 5.97 Å². The molecule has 1 atom stereocenters. The van der Waals surface area contributed by atoms with Gasteiger partial charge in [0.1, 0.15) is 6.04 Å². The Labute approximate surface area is 143 Å². The number of carbonyl (C=O) groups excluding carboxylic acids is 3. The number of carbonyl (C=O) groups is 3. The largest absolute Gasteiger partial charge is 0.469 e. The van der Waals surface area contributed by atoms with Gasteiger partial charge in [-0.15, -0.1) is 0 Å². The summed E-state index contributed by atoms with van der Waals surface area (Å²) in [7, 11) is 1.30. The maximum absolute atomic E-state index is 12.4. The van der Waals surface area contributed by atoms with E-state index < -0.39 is 6.04 Å². The maximum atomic E-state index is 12.4. The molecule has 0 saturated heterocycles. The van der Waals surface area contributed by atoms with Gasteiger partial charge in [0.15, 0.2) is 0 Å². The smallest absolute Gasteiger partial charge is 0.307 e. The number of nitrogens with one attached hydrogen (secondary N) is 2. The monoisotopic (exact) mass is 334 g/mol. The highest BCUT2D eigenvalue weighted by molar-refractivity contribution is 5.98. The molecular formula is C18H26N2O4. The van der Waals surface area contributed by atoms with Gasteiger partial charge in [0.25, 0.3) is 5.91 Å². The summed E-state index contributed by atoms with van der Waals surface area (Å²) in [6.07, 6.45) is 0.615. The van der Waals surface area contributed by atoms with Crippen LogP contribution in [0, 0.1) is 12.8 Å². The Bertz CT molecular complexity index is 584. The van der Waals surface area contributed by atoms with Crippen molar-refractivity contribution in [3.8, 4) is 0 Å². The van der Waals surface area contributed by atoms with E-state index in [0.29, 0.717) is 12.0 Å². The van der Waals surface area contributed by atoms with Crippen molar-refractivity contribution in [1.82, 2.24) is 10.6 Å². The fraction of sp³-hybridized carbons (Fsp3) is 0.500. The number of hydrogen-bond acceptors (Lipinski definition) is 4. The molecule has 132 valence electrons. The SMILES string of the molecule is COC(=O)CCNC(=O)C(CC(C)C)NC(=O)c1ccccc1C. The highest BCUT2D eigenvalue weighted by Gasteiger charge is 2.23. The van der Waals surface area contributed by atoms with Crippen LogP contribution in [0.4, 0.5) is 0 Å². The number of hydrogen-bond donors (Lipinski definition) is 2. The van der Waals surface area contributed by atoms with Crippen molar-refractivity contribution in [3.63, 3.8) is 0 Å². The summed E-state index contributed by atoms with van der Waals surface area (Å²) in [6.45, 7) is 5.99. The van der Waals surface area contributed by atoms with Gasteiger partial charge in [0.05, 0.1) is 13.5 Å². The highest BCUT2D eigenvalue weighted by Crippen LogP contribution is 2.10. The first-order chi connectivity index (χ1) is 11.3. The number of aryl methyl sites for hydroxylation is 1. The van der Waals surface area contributed by atoms with Crippen molar-refractivity contribution in [3.05, 3.63) is 35.4 Å². The minimum atomic E-state index is -0.644. The van der Waals surface area contributed by atoms with Crippen LogP contribution in [0.2, 0.25) is 0 Å². The van der Waals surface area contributed by atoms with Crippen LogP contribution in [0.3, 0.4) is 0 Å². The molecule has 2 N–H and O–H groups in total. The number of rotatable bonds is 8. The normalized spacial score (nSPS) is 11.7. The second-order valence-electron chi connectivity index (χ2n) is 6.09. The van der Waals surface area contributed by atoms with Gasteiger partial charge in [-0.05, 0) is 30.9 Å². The second kappa shape index (κ2) is 9.70. The predicted octanol–water partition coefficient (Wildman–Crippen LogP) is 1.82. The lowest BCUT2D eigenvalue weighted by molar-refractivity contribution is -0.140. The molecule has 0 saturated carbocycles. The molecule has 0 heterocycles. The van der Waals surface area contributed by atoms with Crippen molar-refractivity contribution >= 4 is 17.8 Å². The van der Waals surface area contributed by atoms with Crippen LogP contribution in [0.25, 0.3) is 0 Å². The van der Waals surface area contributed by atoms with Crippen LogP contribution in [-0.4, -0.2) is 37.5 Å². The van der Waals surface area contributed by atoms with E-state index in [-0.39, 0.29) is 36.7 Å². The van der Waals surface area contributed by atoms with Crippen LogP contribution in [0.1, 0.15) is 42.6 Å². The molecule has 1 rings (SSSR count). The van der Waals surface area contributed by atoms with Gasteiger partial charge in [-0.1, -0.05) is 32.0 Å². The molecule has 0 bridgehead atoms. The van der Waals surface area contributed by atoms with Crippen molar-refractivity contribution in [2.24, 2.45) is 5.92 Å². The van der Waals surface area contributed by atoms with Gasteiger partial charge in [-0.25, -0.2) is 0 Å². The zero-order valence-corrected chi connectivity index (χ0v) is 14.7. The van der Waals surface area contributed by atoms with Crippen LogP contribution in [0.5, 0.6) is 0 Å². The number of benzene rings is 1. The van der Waals surface area contributed by atoms with E-state index in [1.54, 1.807) is 12.1 Å². The summed E-state index contributed by atoms with van der Waals surface area (Å²) >= 11 is 0. The summed E-state index contributed by atoms with van der Waals surface area (Å²) in [5.41, 5.74) is 1.40. The molecule has 1 aromatic rings. The van der Waals surface area contributed by atoms with Gasteiger partial charge in [-0.3, -0.25) is 14.4 Å². The molecule has 1 unspecified atom stereocenters. The topological polar surface area (TPSA) is 84.5 Å². The van der Waals surface area contributed by atoms with Crippen molar-refractivity contribution in [2.75, 3.05) is 13.7 Å². The maximum Gasteiger partial charge on any atom is 0.307 e. The number of methoxy groups -OCH3 is 1. The third kappa shape index (κ3) is 6.40. The number of amides is 2. The fourth-order valence-corrected chi connectivity index (χ4v) is 2.28. The van der Waals surface area contributed by atoms with E-state index in [1.165, 1.54) is 7.11 Å². The minimum absolute atomic E-state index is 0.0996. The Morgan fingerprint density at radius 3 is 2.42 bits per heavy atom. The lowest BCUT2D eigenvalue weighted by Crippen LogP contribution is -2.48. The van der Waals surface area contributed by atoms with Gasteiger partial charge in [0.2, 0.25) is 5.91 Å². The average Bonchev–Trinajstić information content (AvgIpc) is 2.53. The standard InChI is InChI=1S/C18H26N2O4/c1-12(2)11-15(18(23)19-10-9-16(21)24-4)20-17(22)14-8-6-5-7-13(14)3/h5-8,12,15H,9-11H2,1-4H3,(H,19,23)(H,20,22). The first kappa shape index (κ1) is 19.7. The quantitative estimate of drug-likeness (QED) is 0.710. The third-order valence-corrected chi connectivity index (χ3v) is 3.57. The Morgan fingerprint density at radius 2 is 1.83 bits per heavy atom. The third-order valence-electron chi connectivity index (χ3n) is 3.57. The molecule has 0 aliphatic carbocycles. The van der Waals surface area contributed by atoms with E-state index in [9.17, 15) is 14.4 Å². The molecular weight excluding hydrogens is 308 g/mol. The lowest BCUT2D eigenvalue weighted by Gasteiger charge is -2.20. The average molecular weight is 334 g/mol. The molecule has 0 fully saturated rings. The van der Waals surface area contributed by atoms with Crippen LogP contribution in [-0.2, 0) is 14.3 Å². The summed E-state index contributed by atoms with van der Waals surface area (Å²) in [4.78, 5) is 35.8. The Hall–Kier alpha value is -2.37. The van der Waals surface area contributed by atoms with Crippen LogP contribution in [0.15, 0.2) is 24.3 Å². The van der Waals surface area contributed by atoms with Crippen molar-refractivity contribution < 1.29 is 19.1 Å². The fourth-order valence-electron chi connectivity index (χ4n) is 2.28. The molecule has 0 aliphatic rings. The van der Waals surface area contributed by atoms with Crippen LogP contribution < -0.4 is 10.6 Å². The van der Waals surface area contributed by atoms with E-state index in [1.807, 2.05) is 32.9 Å². The molecule has 1 aromatic carbocycles. The summed E-state index contributed by atoms with van der Waals surface area (Å²) < 4.78 is 4.53. The summed E-state index contributed by atoms with van der Waals surface area (Å²) in [5.74, 6) is -0.727. The first-order valence-electron chi connectivity index (χ1n) is 8.06. The summed E-state index contributed by atoms with van der Waals surface area (Å²) in [6, 6.07) is 6.58. The molecule has 24 heavy (non-hydrogen) atoms. The van der Waals surface area contributed by atoms with Gasteiger partial charge in [-0.2, -0.15) is 0 Å². The molecule has 0 aliphatic heterocycles. The van der Waals surface area contributed by atoms with E-state index in [0.717, 1.165) is 5.56 Å². The molecule has 2 amide bonds. The molecule has 0 radical (unpaired) electrons. The first-order valence-corrected chi connectivity index (χ1v) is 8.06. The van der Waals surface area contributed by atoms with Gasteiger partial charge in [0, 0.05) is 12.1 Å². The minimum Gasteiger partial charge on any atom is -0.469 e. The van der Waals surface area contributed by atoms with Crippen molar-refractivity contribution in [1.29, 1.82) is 0 Å². The Morgan fingerprint density at radius 1 is 1.17 bits per heavy atom. The highest BCUT2D eigenvalue weighted by atomic mass is 16.5. The second-order valence-corrected chi connectivity index (χ2v) is 6.09.